The molecular weight excluding hydrogens is 224 g/mol. The molecule has 1 saturated carbocycles. The fraction of sp³-hybridized carbons (Fsp3) is 0.533. The van der Waals surface area contributed by atoms with Gasteiger partial charge in [-0.1, -0.05) is 24.3 Å². The summed E-state index contributed by atoms with van der Waals surface area (Å²) in [7, 11) is 0. The molecule has 1 fully saturated rings. The normalized spacial score (nSPS) is 21.7. The third-order valence-electron chi connectivity index (χ3n) is 3.82. The van der Waals surface area contributed by atoms with Crippen molar-refractivity contribution in [1.82, 2.24) is 10.6 Å². The van der Waals surface area contributed by atoms with Crippen molar-refractivity contribution in [3.8, 4) is 0 Å². The lowest BCUT2D eigenvalue weighted by molar-refractivity contribution is -0.121. The van der Waals surface area contributed by atoms with Gasteiger partial charge in [-0.25, -0.2) is 0 Å². The Morgan fingerprint density at radius 2 is 2.06 bits per heavy atom. The summed E-state index contributed by atoms with van der Waals surface area (Å²) in [6.45, 7) is 0.775. The summed E-state index contributed by atoms with van der Waals surface area (Å²) in [6, 6.07) is 9.52. The first kappa shape index (κ1) is 11.7. The Hall–Kier alpha value is -1.35. The van der Waals surface area contributed by atoms with Crippen molar-refractivity contribution in [2.75, 3.05) is 6.54 Å². The average Bonchev–Trinajstić information content (AvgIpc) is 3.09. The maximum atomic E-state index is 11.6. The van der Waals surface area contributed by atoms with Crippen molar-refractivity contribution in [2.45, 2.75) is 44.2 Å². The third-order valence-corrected chi connectivity index (χ3v) is 3.82. The smallest absolute Gasteiger partial charge is 0.221 e. The number of nitrogens with one attached hydrogen (secondary N) is 2. The topological polar surface area (TPSA) is 41.1 Å². The van der Waals surface area contributed by atoms with Crippen LogP contribution in [0.15, 0.2) is 24.3 Å². The summed E-state index contributed by atoms with van der Waals surface area (Å²) in [4.78, 5) is 11.6. The Morgan fingerprint density at radius 3 is 2.89 bits per heavy atom. The Bertz CT molecular complexity index is 440. The van der Waals surface area contributed by atoms with Crippen molar-refractivity contribution < 1.29 is 4.79 Å². The lowest BCUT2D eigenvalue weighted by Gasteiger charge is -2.13. The summed E-state index contributed by atoms with van der Waals surface area (Å²) in [6.07, 6.45) is 5.23. The molecule has 1 atom stereocenters. The number of hydrogen-bond donors (Lipinski definition) is 2. The zero-order chi connectivity index (χ0) is 12.4. The molecule has 1 unspecified atom stereocenters. The van der Waals surface area contributed by atoms with Gasteiger partial charge in [-0.2, -0.15) is 0 Å². The van der Waals surface area contributed by atoms with Gasteiger partial charge in [0.25, 0.3) is 0 Å². The Balaban J connectivity index is 1.45. The first-order valence-electron chi connectivity index (χ1n) is 6.93. The minimum absolute atomic E-state index is 0.191. The van der Waals surface area contributed by atoms with Crippen molar-refractivity contribution in [2.24, 2.45) is 0 Å². The van der Waals surface area contributed by atoms with Crippen LogP contribution in [-0.4, -0.2) is 18.5 Å². The van der Waals surface area contributed by atoms with Gasteiger partial charge in [0.1, 0.15) is 0 Å². The fourth-order valence-electron chi connectivity index (χ4n) is 2.66. The second-order valence-electron chi connectivity index (χ2n) is 5.34. The van der Waals surface area contributed by atoms with E-state index in [0.717, 1.165) is 32.2 Å². The van der Waals surface area contributed by atoms with Gasteiger partial charge in [-0.05, 0) is 36.8 Å². The summed E-state index contributed by atoms with van der Waals surface area (Å²) < 4.78 is 0. The van der Waals surface area contributed by atoms with Crippen LogP contribution in [-0.2, 0) is 11.2 Å². The fourth-order valence-corrected chi connectivity index (χ4v) is 2.66. The van der Waals surface area contributed by atoms with Gasteiger partial charge >= 0.3 is 0 Å². The highest BCUT2D eigenvalue weighted by molar-refractivity contribution is 5.76. The standard InChI is InChI=1S/C15H20N2O/c18-15(17-12-6-7-12)9-10-16-14-8-5-11-3-1-2-4-13(11)14/h1-4,12,14,16H,5-10H2,(H,17,18). The maximum absolute atomic E-state index is 11.6. The molecule has 0 radical (unpaired) electrons. The molecule has 2 aliphatic rings. The zero-order valence-electron chi connectivity index (χ0n) is 10.6. The Kier molecular flexibility index (Phi) is 3.33. The van der Waals surface area contributed by atoms with E-state index in [1.54, 1.807) is 0 Å². The van der Waals surface area contributed by atoms with Crippen molar-refractivity contribution in [3.05, 3.63) is 35.4 Å². The highest BCUT2D eigenvalue weighted by Crippen LogP contribution is 2.30. The van der Waals surface area contributed by atoms with Crippen molar-refractivity contribution >= 4 is 5.91 Å². The molecule has 0 heterocycles. The zero-order valence-corrected chi connectivity index (χ0v) is 10.6. The van der Waals surface area contributed by atoms with Gasteiger partial charge in [-0.15, -0.1) is 0 Å². The van der Waals surface area contributed by atoms with E-state index < -0.39 is 0 Å². The highest BCUT2D eigenvalue weighted by Gasteiger charge is 2.24. The van der Waals surface area contributed by atoms with Crippen molar-refractivity contribution in [3.63, 3.8) is 0 Å². The molecule has 0 saturated heterocycles. The molecule has 18 heavy (non-hydrogen) atoms. The van der Waals surface area contributed by atoms with Crippen LogP contribution in [0, 0.1) is 0 Å². The Labute approximate surface area is 108 Å². The van der Waals surface area contributed by atoms with E-state index in [4.69, 9.17) is 0 Å². The molecular formula is C15H20N2O. The van der Waals surface area contributed by atoms with E-state index in [1.165, 1.54) is 11.1 Å². The van der Waals surface area contributed by atoms with Gasteiger partial charge in [-0.3, -0.25) is 4.79 Å². The van der Waals surface area contributed by atoms with Crippen LogP contribution in [0.25, 0.3) is 0 Å². The lowest BCUT2D eigenvalue weighted by atomic mass is 10.1. The van der Waals surface area contributed by atoms with Gasteiger partial charge in [0.2, 0.25) is 5.91 Å². The van der Waals surface area contributed by atoms with Crippen LogP contribution >= 0.6 is 0 Å². The van der Waals surface area contributed by atoms with Crippen molar-refractivity contribution in [1.29, 1.82) is 0 Å². The molecule has 0 bridgehead atoms. The third kappa shape index (κ3) is 2.72. The highest BCUT2D eigenvalue weighted by atomic mass is 16.1. The Morgan fingerprint density at radius 1 is 1.22 bits per heavy atom. The molecule has 2 N–H and O–H groups in total. The largest absolute Gasteiger partial charge is 0.353 e. The number of rotatable bonds is 5. The van der Waals surface area contributed by atoms with Gasteiger partial charge < -0.3 is 10.6 Å². The van der Waals surface area contributed by atoms with E-state index in [-0.39, 0.29) is 5.91 Å². The van der Waals surface area contributed by atoms with E-state index in [2.05, 4.69) is 34.9 Å². The molecule has 0 spiro atoms. The number of carbonyl (C=O) groups is 1. The van der Waals surface area contributed by atoms with Crippen LogP contribution < -0.4 is 10.6 Å². The number of hydrogen-bond acceptors (Lipinski definition) is 2. The maximum Gasteiger partial charge on any atom is 0.221 e. The van der Waals surface area contributed by atoms with Crippen LogP contribution in [0.5, 0.6) is 0 Å². The predicted octanol–water partition coefficient (Wildman–Crippen LogP) is 1.93. The number of benzene rings is 1. The number of aryl methyl sites for hydroxylation is 1. The van der Waals surface area contributed by atoms with Gasteiger partial charge in [0, 0.05) is 25.0 Å². The van der Waals surface area contributed by atoms with E-state index >= 15 is 0 Å². The van der Waals surface area contributed by atoms with E-state index in [9.17, 15) is 4.79 Å². The molecule has 96 valence electrons. The molecule has 3 heteroatoms. The quantitative estimate of drug-likeness (QED) is 0.831. The van der Waals surface area contributed by atoms with Crippen LogP contribution in [0.4, 0.5) is 0 Å². The first-order chi connectivity index (χ1) is 8.83. The minimum Gasteiger partial charge on any atom is -0.353 e. The SMILES string of the molecule is O=C(CCNC1CCc2ccccc21)NC1CC1. The molecule has 3 rings (SSSR count). The second-order valence-corrected chi connectivity index (χ2v) is 5.34. The lowest BCUT2D eigenvalue weighted by Crippen LogP contribution is -2.30. The predicted molar refractivity (Wildman–Crippen MR) is 71.3 cm³/mol. The number of carbonyl (C=O) groups excluding carboxylic acids is 1. The molecule has 0 aliphatic heterocycles. The van der Waals surface area contributed by atoms with Crippen LogP contribution in [0.3, 0.4) is 0 Å². The monoisotopic (exact) mass is 244 g/mol. The van der Waals surface area contributed by atoms with Crippen LogP contribution in [0.1, 0.15) is 42.9 Å². The summed E-state index contributed by atoms with van der Waals surface area (Å²) in [5, 5.41) is 6.52. The molecule has 3 nitrogen and oxygen atoms in total. The number of fused-ring (bicyclic) bond motifs is 1. The second kappa shape index (κ2) is 5.11. The molecule has 1 aromatic rings. The molecule has 1 amide bonds. The summed E-state index contributed by atoms with van der Waals surface area (Å²) in [5.74, 6) is 0.191. The van der Waals surface area contributed by atoms with E-state index in [1.807, 2.05) is 0 Å². The molecule has 1 aromatic carbocycles. The average molecular weight is 244 g/mol. The van der Waals surface area contributed by atoms with Gasteiger partial charge in [0.05, 0.1) is 0 Å². The van der Waals surface area contributed by atoms with Crippen LogP contribution in [0.2, 0.25) is 0 Å². The minimum atomic E-state index is 0.191. The molecule has 0 aromatic heterocycles. The van der Waals surface area contributed by atoms with E-state index in [0.29, 0.717) is 18.5 Å². The molecule has 2 aliphatic carbocycles. The summed E-state index contributed by atoms with van der Waals surface area (Å²) >= 11 is 0. The first-order valence-corrected chi connectivity index (χ1v) is 6.93. The van der Waals surface area contributed by atoms with Gasteiger partial charge in [0.15, 0.2) is 0 Å². The number of amides is 1. The summed E-state index contributed by atoms with van der Waals surface area (Å²) in [5.41, 5.74) is 2.87.